The van der Waals surface area contributed by atoms with Gasteiger partial charge in [-0.3, -0.25) is 0 Å². The molecular weight excluding hydrogens is 310 g/mol. The summed E-state index contributed by atoms with van der Waals surface area (Å²) in [6.07, 6.45) is 2.11. The standard InChI is InChI=1S/C15H18ClNO3S/c16-14-8-9-15(13-7-3-2-6-12(13)14)20-10-4-1-5-11-21(17,18)19/h2-3,6-9H,1,4-5,10-11H2,(H2,17,18,19). The fraction of sp³-hybridized carbons (Fsp3) is 0.333. The molecule has 0 heterocycles. The van der Waals surface area contributed by atoms with Crippen molar-refractivity contribution in [1.29, 1.82) is 0 Å². The summed E-state index contributed by atoms with van der Waals surface area (Å²) in [6, 6.07) is 11.5. The number of nitrogens with two attached hydrogens (primary N) is 1. The van der Waals surface area contributed by atoms with Gasteiger partial charge >= 0.3 is 0 Å². The average Bonchev–Trinajstić information content (AvgIpc) is 2.44. The first-order chi connectivity index (χ1) is 9.97. The number of ether oxygens (including phenoxy) is 1. The zero-order chi connectivity index (χ0) is 15.3. The van der Waals surface area contributed by atoms with Crippen LogP contribution in [0.15, 0.2) is 36.4 Å². The molecule has 0 bridgehead atoms. The highest BCUT2D eigenvalue weighted by molar-refractivity contribution is 7.89. The molecule has 0 unspecified atom stereocenters. The minimum atomic E-state index is -3.35. The maximum atomic E-state index is 10.8. The molecule has 2 rings (SSSR count). The van der Waals surface area contributed by atoms with Crippen LogP contribution in [0.1, 0.15) is 19.3 Å². The van der Waals surface area contributed by atoms with Gasteiger partial charge in [0.15, 0.2) is 0 Å². The molecule has 2 aromatic rings. The molecule has 2 aromatic carbocycles. The van der Waals surface area contributed by atoms with E-state index in [1.165, 1.54) is 0 Å². The first-order valence-corrected chi connectivity index (χ1v) is 8.87. The van der Waals surface area contributed by atoms with Gasteiger partial charge in [-0.1, -0.05) is 35.9 Å². The van der Waals surface area contributed by atoms with E-state index in [1.807, 2.05) is 36.4 Å². The average molecular weight is 328 g/mol. The van der Waals surface area contributed by atoms with Gasteiger partial charge in [-0.05, 0) is 31.4 Å². The lowest BCUT2D eigenvalue weighted by molar-refractivity contribution is 0.310. The molecule has 0 aliphatic rings. The van der Waals surface area contributed by atoms with Gasteiger partial charge in [0.05, 0.1) is 12.4 Å². The van der Waals surface area contributed by atoms with E-state index in [1.54, 1.807) is 0 Å². The van der Waals surface area contributed by atoms with Crippen molar-refractivity contribution in [2.24, 2.45) is 5.14 Å². The maximum Gasteiger partial charge on any atom is 0.209 e. The molecule has 0 fully saturated rings. The molecule has 0 aromatic heterocycles. The van der Waals surface area contributed by atoms with E-state index in [-0.39, 0.29) is 5.75 Å². The molecule has 4 nitrogen and oxygen atoms in total. The quantitative estimate of drug-likeness (QED) is 0.793. The minimum absolute atomic E-state index is 0.0247. The predicted octanol–water partition coefficient (Wildman–Crippen LogP) is 3.33. The van der Waals surface area contributed by atoms with Crippen molar-refractivity contribution in [2.75, 3.05) is 12.4 Å². The highest BCUT2D eigenvalue weighted by atomic mass is 35.5. The first kappa shape index (κ1) is 16.1. The van der Waals surface area contributed by atoms with Crippen LogP contribution >= 0.6 is 11.6 Å². The molecule has 0 amide bonds. The highest BCUT2D eigenvalue weighted by Crippen LogP contribution is 2.31. The van der Waals surface area contributed by atoms with Crippen LogP contribution in [0.4, 0.5) is 0 Å². The number of sulfonamides is 1. The Morgan fingerprint density at radius 3 is 2.43 bits per heavy atom. The van der Waals surface area contributed by atoms with Gasteiger partial charge in [0.25, 0.3) is 0 Å². The van der Waals surface area contributed by atoms with Crippen LogP contribution in [0.25, 0.3) is 10.8 Å². The van der Waals surface area contributed by atoms with Gasteiger partial charge in [-0.15, -0.1) is 0 Å². The Labute approximate surface area is 129 Å². The number of rotatable bonds is 7. The zero-order valence-electron chi connectivity index (χ0n) is 11.6. The van der Waals surface area contributed by atoms with Crippen LogP contribution in [0.2, 0.25) is 5.02 Å². The molecule has 0 aliphatic heterocycles. The van der Waals surface area contributed by atoms with Crippen molar-refractivity contribution in [3.63, 3.8) is 0 Å². The lowest BCUT2D eigenvalue weighted by Crippen LogP contribution is -2.16. The molecule has 0 spiro atoms. The van der Waals surface area contributed by atoms with Crippen LogP contribution in [0.3, 0.4) is 0 Å². The Morgan fingerprint density at radius 1 is 1.00 bits per heavy atom. The summed E-state index contributed by atoms with van der Waals surface area (Å²) in [5, 5.41) is 7.59. The molecule has 0 radical (unpaired) electrons. The second-order valence-electron chi connectivity index (χ2n) is 4.87. The number of fused-ring (bicyclic) bond motifs is 1. The van der Waals surface area contributed by atoms with E-state index >= 15 is 0 Å². The van der Waals surface area contributed by atoms with Crippen molar-refractivity contribution in [1.82, 2.24) is 0 Å². The van der Waals surface area contributed by atoms with Gasteiger partial charge in [0, 0.05) is 15.8 Å². The van der Waals surface area contributed by atoms with Crippen molar-refractivity contribution < 1.29 is 13.2 Å². The molecule has 21 heavy (non-hydrogen) atoms. The molecule has 2 N–H and O–H groups in total. The third kappa shape index (κ3) is 4.88. The molecule has 0 aliphatic carbocycles. The topological polar surface area (TPSA) is 69.4 Å². The van der Waals surface area contributed by atoms with E-state index in [0.717, 1.165) is 29.4 Å². The van der Waals surface area contributed by atoms with Crippen LogP contribution in [0, 0.1) is 0 Å². The maximum absolute atomic E-state index is 10.8. The SMILES string of the molecule is NS(=O)(=O)CCCCCOc1ccc(Cl)c2ccccc12. The van der Waals surface area contributed by atoms with E-state index < -0.39 is 10.0 Å². The van der Waals surface area contributed by atoms with Gasteiger partial charge in [-0.25, -0.2) is 13.6 Å². The van der Waals surface area contributed by atoms with Crippen molar-refractivity contribution in [3.05, 3.63) is 41.4 Å². The fourth-order valence-corrected chi connectivity index (χ4v) is 2.96. The summed E-state index contributed by atoms with van der Waals surface area (Å²) in [4.78, 5) is 0. The van der Waals surface area contributed by atoms with Gasteiger partial charge in [0.2, 0.25) is 10.0 Å². The monoisotopic (exact) mass is 327 g/mol. The largest absolute Gasteiger partial charge is 0.493 e. The van der Waals surface area contributed by atoms with Gasteiger partial charge in [-0.2, -0.15) is 0 Å². The summed E-state index contributed by atoms with van der Waals surface area (Å²) in [5.74, 6) is 0.818. The second-order valence-corrected chi connectivity index (χ2v) is 7.01. The van der Waals surface area contributed by atoms with E-state index in [2.05, 4.69) is 0 Å². The Kier molecular flexibility index (Phi) is 5.45. The summed E-state index contributed by atoms with van der Waals surface area (Å²) < 4.78 is 27.4. The smallest absolute Gasteiger partial charge is 0.209 e. The molecular formula is C15H18ClNO3S. The number of primary sulfonamides is 1. The zero-order valence-corrected chi connectivity index (χ0v) is 13.2. The molecule has 0 atom stereocenters. The lowest BCUT2D eigenvalue weighted by atomic mass is 10.1. The predicted molar refractivity (Wildman–Crippen MR) is 86.3 cm³/mol. The summed E-state index contributed by atoms with van der Waals surface area (Å²) in [6.45, 7) is 0.538. The Bertz CT molecular complexity index is 716. The Balaban J connectivity index is 1.88. The second kappa shape index (κ2) is 7.11. The van der Waals surface area contributed by atoms with Crippen molar-refractivity contribution in [3.8, 4) is 5.75 Å². The summed E-state index contributed by atoms with van der Waals surface area (Å²) in [7, 11) is -3.35. The number of benzene rings is 2. The molecule has 0 saturated carbocycles. The fourth-order valence-electron chi connectivity index (χ4n) is 2.12. The van der Waals surface area contributed by atoms with Crippen LogP contribution < -0.4 is 9.88 Å². The van der Waals surface area contributed by atoms with E-state index in [9.17, 15) is 8.42 Å². The van der Waals surface area contributed by atoms with Crippen LogP contribution in [-0.2, 0) is 10.0 Å². The van der Waals surface area contributed by atoms with E-state index in [0.29, 0.717) is 18.1 Å². The minimum Gasteiger partial charge on any atom is -0.493 e. The highest BCUT2D eigenvalue weighted by Gasteiger charge is 2.05. The number of unbranched alkanes of at least 4 members (excludes halogenated alkanes) is 2. The lowest BCUT2D eigenvalue weighted by Gasteiger charge is -2.10. The Morgan fingerprint density at radius 2 is 1.71 bits per heavy atom. The van der Waals surface area contributed by atoms with Crippen LogP contribution in [0.5, 0.6) is 5.75 Å². The van der Waals surface area contributed by atoms with Crippen molar-refractivity contribution in [2.45, 2.75) is 19.3 Å². The number of hydrogen-bond acceptors (Lipinski definition) is 3. The third-order valence-electron chi connectivity index (χ3n) is 3.16. The first-order valence-electron chi connectivity index (χ1n) is 6.78. The molecule has 0 saturated heterocycles. The molecule has 6 heteroatoms. The molecule has 114 valence electrons. The normalized spacial score (nSPS) is 11.7. The number of hydrogen-bond donors (Lipinski definition) is 1. The van der Waals surface area contributed by atoms with Crippen LogP contribution in [-0.4, -0.2) is 20.8 Å². The summed E-state index contributed by atoms with van der Waals surface area (Å²) >= 11 is 6.15. The van der Waals surface area contributed by atoms with Gasteiger partial charge in [0.1, 0.15) is 5.75 Å². The third-order valence-corrected chi connectivity index (χ3v) is 4.35. The van der Waals surface area contributed by atoms with Gasteiger partial charge < -0.3 is 4.74 Å². The summed E-state index contributed by atoms with van der Waals surface area (Å²) in [5.41, 5.74) is 0. The van der Waals surface area contributed by atoms with E-state index in [4.69, 9.17) is 21.5 Å². The van der Waals surface area contributed by atoms with Crippen molar-refractivity contribution >= 4 is 32.4 Å². The Hall–Kier alpha value is -1.30. The number of halogens is 1.